The van der Waals surface area contributed by atoms with E-state index in [0.717, 1.165) is 17.8 Å². The van der Waals surface area contributed by atoms with Gasteiger partial charge in [-0.3, -0.25) is 4.99 Å². The lowest BCUT2D eigenvalue weighted by Crippen LogP contribution is -1.96. The maximum Gasteiger partial charge on any atom is 0.0607 e. The minimum absolute atomic E-state index is 0.844. The van der Waals surface area contributed by atoms with Crippen LogP contribution in [0.15, 0.2) is 71.5 Å². The van der Waals surface area contributed by atoms with E-state index in [2.05, 4.69) is 53.9 Å². The first-order valence-electron chi connectivity index (χ1n) is 8.75. The third-order valence-electron chi connectivity index (χ3n) is 4.71. The summed E-state index contributed by atoms with van der Waals surface area (Å²) in [4.78, 5) is 4.70. The lowest BCUT2D eigenvalue weighted by atomic mass is 9.92. The van der Waals surface area contributed by atoms with Gasteiger partial charge >= 0.3 is 0 Å². The summed E-state index contributed by atoms with van der Waals surface area (Å²) in [6, 6.07) is 17.1. The van der Waals surface area contributed by atoms with E-state index in [1.807, 2.05) is 18.5 Å². The monoisotopic (exact) mass is 314 g/mol. The van der Waals surface area contributed by atoms with Crippen molar-refractivity contribution < 1.29 is 0 Å². The van der Waals surface area contributed by atoms with Crippen LogP contribution in [-0.2, 0) is 6.42 Å². The molecule has 0 fully saturated rings. The van der Waals surface area contributed by atoms with Crippen LogP contribution < -0.4 is 5.32 Å². The molecule has 2 aromatic rings. The van der Waals surface area contributed by atoms with Gasteiger partial charge in [0.1, 0.15) is 0 Å². The van der Waals surface area contributed by atoms with E-state index in [1.54, 1.807) is 0 Å². The minimum atomic E-state index is 0.844. The fourth-order valence-electron chi connectivity index (χ4n) is 3.35. The van der Waals surface area contributed by atoms with Crippen molar-refractivity contribution in [2.45, 2.75) is 32.1 Å². The van der Waals surface area contributed by atoms with Crippen LogP contribution >= 0.6 is 0 Å². The van der Waals surface area contributed by atoms with Crippen molar-refractivity contribution in [2.75, 3.05) is 5.32 Å². The molecule has 0 amide bonds. The van der Waals surface area contributed by atoms with E-state index in [4.69, 9.17) is 4.99 Å². The Morgan fingerprint density at radius 1 is 1.00 bits per heavy atom. The van der Waals surface area contributed by atoms with Crippen LogP contribution in [0.5, 0.6) is 0 Å². The molecular formula is C22H22N2. The summed E-state index contributed by atoms with van der Waals surface area (Å²) >= 11 is 0. The highest BCUT2D eigenvalue weighted by Gasteiger charge is 2.10. The number of hydrogen-bond acceptors (Lipinski definition) is 2. The van der Waals surface area contributed by atoms with Gasteiger partial charge in [-0.25, -0.2) is 0 Å². The molecular weight excluding hydrogens is 292 g/mol. The maximum atomic E-state index is 4.70. The summed E-state index contributed by atoms with van der Waals surface area (Å²) in [7, 11) is 0. The van der Waals surface area contributed by atoms with E-state index in [1.165, 1.54) is 47.9 Å². The van der Waals surface area contributed by atoms with Crippen molar-refractivity contribution in [2.24, 2.45) is 4.99 Å². The third-order valence-corrected chi connectivity index (χ3v) is 4.71. The lowest BCUT2D eigenvalue weighted by Gasteiger charge is -2.14. The average molecular weight is 314 g/mol. The Labute approximate surface area is 143 Å². The molecule has 0 saturated carbocycles. The average Bonchev–Trinajstić information content (AvgIpc) is 2.85. The van der Waals surface area contributed by atoms with Crippen molar-refractivity contribution in [1.29, 1.82) is 0 Å². The normalized spacial score (nSPS) is 16.5. The number of anilines is 1. The quantitative estimate of drug-likeness (QED) is 0.786. The first-order valence-corrected chi connectivity index (χ1v) is 8.75. The second-order valence-corrected chi connectivity index (χ2v) is 6.48. The van der Waals surface area contributed by atoms with Crippen LogP contribution in [0.2, 0.25) is 0 Å². The van der Waals surface area contributed by atoms with Gasteiger partial charge < -0.3 is 5.32 Å². The number of benzene rings is 2. The van der Waals surface area contributed by atoms with Crippen LogP contribution in [0, 0.1) is 0 Å². The highest BCUT2D eigenvalue weighted by atomic mass is 14.9. The van der Waals surface area contributed by atoms with Gasteiger partial charge in [0.15, 0.2) is 0 Å². The molecule has 2 aromatic carbocycles. The van der Waals surface area contributed by atoms with E-state index in [-0.39, 0.29) is 0 Å². The molecule has 0 atom stereocenters. The van der Waals surface area contributed by atoms with E-state index in [0.29, 0.717) is 0 Å². The SMILES string of the molecule is C1=NC(Cc2ccccc2)=CNc2ccc(C3=CCCCC3)cc21. The maximum absolute atomic E-state index is 4.70. The third kappa shape index (κ3) is 3.33. The Morgan fingerprint density at radius 2 is 1.92 bits per heavy atom. The summed E-state index contributed by atoms with van der Waals surface area (Å²) in [5.41, 5.74) is 7.45. The summed E-state index contributed by atoms with van der Waals surface area (Å²) < 4.78 is 0. The molecule has 2 aliphatic rings. The molecule has 2 nitrogen and oxygen atoms in total. The molecule has 2 heteroatoms. The van der Waals surface area contributed by atoms with Crippen molar-refractivity contribution in [3.8, 4) is 0 Å². The molecule has 1 N–H and O–H groups in total. The van der Waals surface area contributed by atoms with Crippen molar-refractivity contribution in [3.63, 3.8) is 0 Å². The lowest BCUT2D eigenvalue weighted by molar-refractivity contribution is 0.742. The second kappa shape index (κ2) is 6.88. The van der Waals surface area contributed by atoms with E-state index in [9.17, 15) is 0 Å². The van der Waals surface area contributed by atoms with Gasteiger partial charge in [-0.1, -0.05) is 42.5 Å². The molecule has 120 valence electrons. The van der Waals surface area contributed by atoms with Gasteiger partial charge in [0.2, 0.25) is 0 Å². The number of aliphatic imine (C=N–C) groups is 1. The Hall–Kier alpha value is -2.61. The van der Waals surface area contributed by atoms with E-state index >= 15 is 0 Å². The Balaban J connectivity index is 1.56. The second-order valence-electron chi connectivity index (χ2n) is 6.48. The smallest absolute Gasteiger partial charge is 0.0607 e. The molecule has 0 radical (unpaired) electrons. The number of nitrogens with zero attached hydrogens (tertiary/aromatic N) is 1. The van der Waals surface area contributed by atoms with Crippen molar-refractivity contribution >= 4 is 17.5 Å². The molecule has 0 saturated heterocycles. The van der Waals surface area contributed by atoms with Crippen LogP contribution in [0.3, 0.4) is 0 Å². The van der Waals surface area contributed by atoms with Crippen LogP contribution in [-0.4, -0.2) is 6.21 Å². The van der Waals surface area contributed by atoms with Crippen molar-refractivity contribution in [3.05, 3.63) is 83.2 Å². The molecule has 0 unspecified atom stereocenters. The highest BCUT2D eigenvalue weighted by molar-refractivity contribution is 5.91. The Bertz CT molecular complexity index is 813. The summed E-state index contributed by atoms with van der Waals surface area (Å²) in [5, 5.41) is 3.42. The first-order chi connectivity index (χ1) is 11.9. The van der Waals surface area contributed by atoms with Gasteiger partial charge in [0, 0.05) is 30.1 Å². The Kier molecular flexibility index (Phi) is 4.28. The zero-order chi connectivity index (χ0) is 16.2. The van der Waals surface area contributed by atoms with Gasteiger partial charge in [-0.15, -0.1) is 0 Å². The Morgan fingerprint density at radius 3 is 2.75 bits per heavy atom. The molecule has 0 spiro atoms. The minimum Gasteiger partial charge on any atom is -0.359 e. The van der Waals surface area contributed by atoms with Crippen molar-refractivity contribution in [1.82, 2.24) is 0 Å². The van der Waals surface area contributed by atoms with Crippen LogP contribution in [0.4, 0.5) is 5.69 Å². The molecule has 1 aliphatic carbocycles. The molecule has 24 heavy (non-hydrogen) atoms. The number of nitrogens with one attached hydrogen (secondary N) is 1. The zero-order valence-electron chi connectivity index (χ0n) is 13.8. The predicted octanol–water partition coefficient (Wildman–Crippen LogP) is 5.57. The molecule has 0 bridgehead atoms. The molecule has 1 heterocycles. The fraction of sp³-hybridized carbons (Fsp3) is 0.227. The zero-order valence-corrected chi connectivity index (χ0v) is 13.8. The van der Waals surface area contributed by atoms with Gasteiger partial charge in [0.25, 0.3) is 0 Å². The number of rotatable bonds is 3. The number of allylic oxidation sites excluding steroid dienone is 3. The van der Waals surface area contributed by atoms with Crippen LogP contribution in [0.25, 0.3) is 5.57 Å². The topological polar surface area (TPSA) is 24.4 Å². The van der Waals surface area contributed by atoms with E-state index < -0.39 is 0 Å². The van der Waals surface area contributed by atoms with Crippen LogP contribution in [0.1, 0.15) is 42.4 Å². The number of fused-ring (bicyclic) bond motifs is 1. The molecule has 0 aromatic heterocycles. The van der Waals surface area contributed by atoms with Gasteiger partial charge in [-0.2, -0.15) is 0 Å². The van der Waals surface area contributed by atoms with Gasteiger partial charge in [0.05, 0.1) is 5.70 Å². The van der Waals surface area contributed by atoms with Gasteiger partial charge in [-0.05, 0) is 54.5 Å². The summed E-state index contributed by atoms with van der Waals surface area (Å²) in [5.74, 6) is 0. The number of hydrogen-bond donors (Lipinski definition) is 1. The fourth-order valence-corrected chi connectivity index (χ4v) is 3.35. The predicted molar refractivity (Wildman–Crippen MR) is 102 cm³/mol. The largest absolute Gasteiger partial charge is 0.359 e. The summed E-state index contributed by atoms with van der Waals surface area (Å²) in [6.45, 7) is 0. The highest BCUT2D eigenvalue weighted by Crippen LogP contribution is 2.29. The molecule has 1 aliphatic heterocycles. The standard InChI is InChI=1S/C22H22N2/c1-3-7-17(8-4-1)13-21-16-24-22-12-11-19(14-20(22)15-23-21)18-9-5-2-6-10-18/h1,3-4,7-9,11-12,14-16,24H,2,5-6,10,13H2. The molecule has 4 rings (SSSR count). The first kappa shape index (κ1) is 14.9. The summed E-state index contributed by atoms with van der Waals surface area (Å²) in [6.07, 6.45) is 12.3.